The van der Waals surface area contributed by atoms with Gasteiger partial charge in [0.05, 0.1) is 6.04 Å². The van der Waals surface area contributed by atoms with Gasteiger partial charge in [0, 0.05) is 37.4 Å². The van der Waals surface area contributed by atoms with Crippen LogP contribution >= 0.6 is 0 Å². The number of aromatic nitrogens is 1. The van der Waals surface area contributed by atoms with Crippen molar-refractivity contribution in [1.82, 2.24) is 14.8 Å². The number of amides is 1. The van der Waals surface area contributed by atoms with Gasteiger partial charge in [0.15, 0.2) is 11.5 Å². The Morgan fingerprint density at radius 2 is 1.70 bits per heavy atom. The van der Waals surface area contributed by atoms with Crippen molar-refractivity contribution in [1.29, 1.82) is 0 Å². The molecule has 1 aromatic carbocycles. The number of ketones is 1. The molecule has 10 heteroatoms. The molecule has 0 radical (unpaired) electrons. The summed E-state index contributed by atoms with van der Waals surface area (Å²) in [4.78, 5) is 28.0. The van der Waals surface area contributed by atoms with E-state index in [2.05, 4.69) is 14.8 Å². The molecule has 1 aromatic heterocycles. The van der Waals surface area contributed by atoms with E-state index in [1.165, 1.54) is 20.8 Å². The molecule has 1 N–H and O–H groups in total. The van der Waals surface area contributed by atoms with E-state index in [-0.39, 0.29) is 28.0 Å². The summed E-state index contributed by atoms with van der Waals surface area (Å²) >= 11 is 0. The van der Waals surface area contributed by atoms with Gasteiger partial charge in [-0.15, -0.1) is 0 Å². The number of anilines is 1. The average molecular weight is 435 g/mol. The van der Waals surface area contributed by atoms with Crippen molar-refractivity contribution in [2.75, 3.05) is 31.1 Å². The van der Waals surface area contributed by atoms with Crippen molar-refractivity contribution in [2.24, 2.45) is 0 Å². The van der Waals surface area contributed by atoms with Crippen molar-refractivity contribution in [3.8, 4) is 0 Å². The van der Waals surface area contributed by atoms with E-state index in [0.717, 1.165) is 5.69 Å². The van der Waals surface area contributed by atoms with E-state index in [1.807, 2.05) is 12.1 Å². The predicted octanol–water partition coefficient (Wildman–Crippen LogP) is 1.51. The minimum Gasteiger partial charge on any atom is -0.368 e. The number of hydrogen-bond acceptors (Lipinski definition) is 7. The topological polar surface area (TPSA) is 113 Å². The highest BCUT2D eigenvalue weighted by molar-refractivity contribution is 7.89. The molecule has 162 valence electrons. The number of nitrogens with zero attached hydrogens (tertiary/aromatic N) is 3. The smallest absolute Gasteiger partial charge is 0.246 e. The second-order valence-electron chi connectivity index (χ2n) is 7.41. The van der Waals surface area contributed by atoms with Gasteiger partial charge in [0.2, 0.25) is 15.9 Å². The zero-order valence-corrected chi connectivity index (χ0v) is 18.3. The number of aryl methyl sites for hydroxylation is 2. The van der Waals surface area contributed by atoms with E-state index in [9.17, 15) is 18.0 Å². The highest BCUT2D eigenvalue weighted by Crippen LogP contribution is 2.20. The third-order valence-electron chi connectivity index (χ3n) is 5.17. The summed E-state index contributed by atoms with van der Waals surface area (Å²) in [6.45, 7) is 8.31. The van der Waals surface area contributed by atoms with Gasteiger partial charge in [-0.2, -0.15) is 4.72 Å². The lowest BCUT2D eigenvalue weighted by Crippen LogP contribution is -2.54. The fourth-order valence-electron chi connectivity index (χ4n) is 3.57. The van der Waals surface area contributed by atoms with Crippen LogP contribution in [0.5, 0.6) is 0 Å². The summed E-state index contributed by atoms with van der Waals surface area (Å²) < 4.78 is 32.6. The first-order valence-corrected chi connectivity index (χ1v) is 11.2. The van der Waals surface area contributed by atoms with Crippen LogP contribution in [0.15, 0.2) is 33.7 Å². The van der Waals surface area contributed by atoms with Crippen LogP contribution in [0.2, 0.25) is 0 Å². The van der Waals surface area contributed by atoms with Gasteiger partial charge < -0.3 is 14.3 Å². The van der Waals surface area contributed by atoms with Gasteiger partial charge in [-0.05, 0) is 52.0 Å². The number of carbonyl (C=O) groups is 2. The number of nitrogens with one attached hydrogen (secondary N) is 1. The van der Waals surface area contributed by atoms with Crippen LogP contribution in [0, 0.1) is 13.8 Å². The van der Waals surface area contributed by atoms with Crippen molar-refractivity contribution in [3.63, 3.8) is 0 Å². The van der Waals surface area contributed by atoms with Crippen molar-refractivity contribution in [2.45, 2.75) is 38.6 Å². The maximum absolute atomic E-state index is 12.8. The van der Waals surface area contributed by atoms with Crippen molar-refractivity contribution < 1.29 is 22.5 Å². The first-order chi connectivity index (χ1) is 14.1. The minimum atomic E-state index is -3.92. The number of piperazine rings is 1. The molecule has 0 unspecified atom stereocenters. The van der Waals surface area contributed by atoms with E-state index >= 15 is 0 Å². The summed E-state index contributed by atoms with van der Waals surface area (Å²) in [5.41, 5.74) is 1.90. The first-order valence-electron chi connectivity index (χ1n) is 9.70. The van der Waals surface area contributed by atoms with Gasteiger partial charge >= 0.3 is 0 Å². The second-order valence-corrected chi connectivity index (χ2v) is 9.06. The van der Waals surface area contributed by atoms with Gasteiger partial charge in [-0.1, -0.05) is 5.16 Å². The Labute approximate surface area is 176 Å². The third-order valence-corrected chi connectivity index (χ3v) is 6.95. The Bertz CT molecular complexity index is 1020. The van der Waals surface area contributed by atoms with Crippen LogP contribution in [0.4, 0.5) is 5.69 Å². The molecule has 0 saturated carbocycles. The normalized spacial score (nSPS) is 15.9. The molecular formula is C20H26N4O5S. The molecule has 1 amide bonds. The molecule has 0 spiro atoms. The Morgan fingerprint density at radius 3 is 2.20 bits per heavy atom. The Morgan fingerprint density at radius 1 is 1.10 bits per heavy atom. The molecule has 30 heavy (non-hydrogen) atoms. The molecule has 0 aliphatic carbocycles. The first kappa shape index (κ1) is 22.0. The highest BCUT2D eigenvalue weighted by atomic mass is 32.2. The fraction of sp³-hybridized carbons (Fsp3) is 0.450. The number of carbonyl (C=O) groups excluding carboxylic acids is 2. The maximum atomic E-state index is 12.8. The van der Waals surface area contributed by atoms with Gasteiger partial charge in [0.25, 0.3) is 0 Å². The number of benzene rings is 1. The molecule has 2 heterocycles. The summed E-state index contributed by atoms with van der Waals surface area (Å²) in [6.07, 6.45) is 0. The summed E-state index contributed by atoms with van der Waals surface area (Å²) in [6, 6.07) is 6.47. The standard InChI is InChI=1S/C20H26N4O5S/c1-13-19(16(4)29-21-13)30(27,28)22-14(2)20(26)24-11-9-23(10-12-24)18-7-5-17(6-8-18)15(3)25/h5-8,14,22H,9-12H2,1-4H3/t14-/m0/s1. The zero-order valence-electron chi connectivity index (χ0n) is 17.5. The third kappa shape index (κ3) is 4.54. The van der Waals surface area contributed by atoms with Gasteiger partial charge in [-0.25, -0.2) is 8.42 Å². The Hall–Kier alpha value is -2.72. The quantitative estimate of drug-likeness (QED) is 0.686. The van der Waals surface area contributed by atoms with Crippen LogP contribution in [0.25, 0.3) is 0 Å². The Balaban J connectivity index is 1.60. The average Bonchev–Trinajstić information content (AvgIpc) is 3.06. The minimum absolute atomic E-state index is 0.0185. The lowest BCUT2D eigenvalue weighted by molar-refractivity contribution is -0.132. The van der Waals surface area contributed by atoms with E-state index in [0.29, 0.717) is 31.7 Å². The molecule has 1 aliphatic heterocycles. The molecule has 9 nitrogen and oxygen atoms in total. The summed E-state index contributed by atoms with van der Waals surface area (Å²) in [7, 11) is -3.92. The van der Waals surface area contributed by atoms with Crippen LogP contribution in [-0.2, 0) is 14.8 Å². The lowest BCUT2D eigenvalue weighted by Gasteiger charge is -2.37. The number of sulfonamides is 1. The second kappa shape index (κ2) is 8.57. The molecule has 3 rings (SSSR count). The zero-order chi connectivity index (χ0) is 22.1. The largest absolute Gasteiger partial charge is 0.368 e. The van der Waals surface area contributed by atoms with Crippen LogP contribution in [0.1, 0.15) is 35.7 Å². The molecular weight excluding hydrogens is 408 g/mol. The van der Waals surface area contributed by atoms with Crippen LogP contribution in [0.3, 0.4) is 0 Å². The number of rotatable bonds is 6. The highest BCUT2D eigenvalue weighted by Gasteiger charge is 2.31. The monoisotopic (exact) mass is 434 g/mol. The van der Waals surface area contributed by atoms with E-state index < -0.39 is 16.1 Å². The van der Waals surface area contributed by atoms with Crippen molar-refractivity contribution in [3.05, 3.63) is 41.3 Å². The maximum Gasteiger partial charge on any atom is 0.246 e. The SMILES string of the molecule is CC(=O)c1ccc(N2CCN(C(=O)[C@H](C)NS(=O)(=O)c3c(C)noc3C)CC2)cc1. The molecule has 0 bridgehead atoms. The molecule has 1 fully saturated rings. The Kier molecular flexibility index (Phi) is 6.27. The number of Topliss-reactive ketones (excluding diaryl/α,β-unsaturated/α-hetero) is 1. The molecule has 1 aliphatic rings. The molecule has 2 aromatic rings. The summed E-state index contributed by atoms with van der Waals surface area (Å²) in [5, 5.41) is 3.66. The van der Waals surface area contributed by atoms with Gasteiger partial charge in [0.1, 0.15) is 10.6 Å². The fourth-order valence-corrected chi connectivity index (χ4v) is 5.09. The lowest BCUT2D eigenvalue weighted by atomic mass is 10.1. The van der Waals surface area contributed by atoms with E-state index in [4.69, 9.17) is 4.52 Å². The molecule has 1 atom stereocenters. The van der Waals surface area contributed by atoms with Crippen LogP contribution < -0.4 is 9.62 Å². The van der Waals surface area contributed by atoms with E-state index in [1.54, 1.807) is 24.0 Å². The van der Waals surface area contributed by atoms with Gasteiger partial charge in [-0.3, -0.25) is 9.59 Å². The molecule has 1 saturated heterocycles. The predicted molar refractivity (Wildman–Crippen MR) is 111 cm³/mol. The number of hydrogen-bond donors (Lipinski definition) is 1. The summed E-state index contributed by atoms with van der Waals surface area (Å²) in [5.74, 6) is -0.0778. The van der Waals surface area contributed by atoms with Crippen molar-refractivity contribution >= 4 is 27.4 Å². The van der Waals surface area contributed by atoms with Crippen LogP contribution in [-0.4, -0.2) is 62.4 Å².